The lowest BCUT2D eigenvalue weighted by Crippen LogP contribution is -2.56. The molecule has 0 amide bonds. The topological polar surface area (TPSA) is 93.9 Å². The van der Waals surface area contributed by atoms with Crippen molar-refractivity contribution in [3.63, 3.8) is 0 Å². The highest BCUT2D eigenvalue weighted by atomic mass is 35.5. The fourth-order valence-corrected chi connectivity index (χ4v) is 13.9. The molecule has 6 fully saturated rings. The van der Waals surface area contributed by atoms with E-state index in [1.54, 1.807) is 0 Å². The normalized spacial score (nSPS) is 26.8. The standard InChI is InChI=1S/C29H40N2O3.C26H38N2.C2Cl2O2.CH4/c1-34-29(33)28(32)26-20-30(27-17-10-9-16-25(26)27)24-18-22-14-11-15-23(19-24)31(22)21-12-7-5-3-2-4-6-8-13-21;1-2-4-6-12-22(13-7-5-3-1)28-23-14-10-15-24(28)20-25(19-23)27-18-17-21-11-8-9-16-26(21)27;3-1(5)2(4)6;/h9-10,16-17,20-24H,2-8,11-15,18-19H2,1H3;8-9,11,16-18,22-25H,1-7,10,12-15,19-20H2;;1H4/t22-,23+,24?;23-,24+,25?;;. The van der Waals surface area contributed by atoms with Gasteiger partial charge in [-0.15, -0.1) is 0 Å². The van der Waals surface area contributed by atoms with Gasteiger partial charge in [0.05, 0.1) is 12.7 Å². The Labute approximate surface area is 423 Å². The molecule has 0 spiro atoms. The minimum atomic E-state index is -1.14. The van der Waals surface area contributed by atoms with E-state index in [9.17, 15) is 19.2 Å². The quantitative estimate of drug-likeness (QED) is 0.0788. The van der Waals surface area contributed by atoms with Crippen LogP contribution in [-0.2, 0) is 19.1 Å². The molecule has 2 aromatic carbocycles. The van der Waals surface area contributed by atoms with Crippen molar-refractivity contribution in [3.8, 4) is 0 Å². The summed E-state index contributed by atoms with van der Waals surface area (Å²) in [6.07, 6.45) is 43.3. The van der Waals surface area contributed by atoms with Crippen molar-refractivity contribution in [1.82, 2.24) is 18.9 Å². The number of hydrogen-bond donors (Lipinski definition) is 0. The minimum absolute atomic E-state index is 0. The molecule has 4 aromatic rings. The molecule has 6 heterocycles. The summed E-state index contributed by atoms with van der Waals surface area (Å²) in [4.78, 5) is 49.7. The van der Waals surface area contributed by atoms with Gasteiger partial charge in [-0.1, -0.05) is 147 Å². The van der Waals surface area contributed by atoms with E-state index in [2.05, 4.69) is 84.7 Å². The number of benzene rings is 2. The molecular formula is C58H82Cl2N4O5. The van der Waals surface area contributed by atoms with Gasteiger partial charge in [0.2, 0.25) is 0 Å². The molecular weight excluding hydrogens is 904 g/mol. The number of piperidine rings is 4. The highest BCUT2D eigenvalue weighted by Crippen LogP contribution is 2.45. The highest BCUT2D eigenvalue weighted by Gasteiger charge is 2.43. The number of ether oxygens (including phenoxy) is 1. The molecule has 2 unspecified atom stereocenters. The van der Waals surface area contributed by atoms with Gasteiger partial charge in [0.25, 0.3) is 5.78 Å². The second-order valence-corrected chi connectivity index (χ2v) is 21.8. The number of rotatable bonds is 7. The molecule has 0 N–H and O–H groups in total. The lowest BCUT2D eigenvalue weighted by atomic mass is 9.79. The number of hydrogen-bond acceptors (Lipinski definition) is 7. The monoisotopic (exact) mass is 985 g/mol. The van der Waals surface area contributed by atoms with Crippen molar-refractivity contribution in [3.05, 3.63) is 72.6 Å². The first-order valence-corrected chi connectivity index (χ1v) is 27.7. The molecule has 4 aliphatic heterocycles. The molecule has 4 saturated heterocycles. The Kier molecular flexibility index (Phi) is 20.3. The smallest absolute Gasteiger partial charge is 0.379 e. The summed E-state index contributed by atoms with van der Waals surface area (Å²) in [5, 5.41) is -0.0198. The zero-order valence-corrected chi connectivity index (χ0v) is 42.4. The van der Waals surface area contributed by atoms with Crippen LogP contribution in [0.2, 0.25) is 0 Å². The Morgan fingerprint density at radius 3 is 1.30 bits per heavy atom. The van der Waals surface area contributed by atoms with E-state index >= 15 is 0 Å². The van der Waals surface area contributed by atoms with Crippen molar-refractivity contribution in [1.29, 1.82) is 0 Å². The number of esters is 1. The van der Waals surface area contributed by atoms with E-state index in [0.717, 1.165) is 47.9 Å². The third-order valence-electron chi connectivity index (χ3n) is 16.9. The summed E-state index contributed by atoms with van der Waals surface area (Å²) in [6.45, 7) is 0. The number of carbonyl (C=O) groups excluding carboxylic acids is 4. The van der Waals surface area contributed by atoms with Crippen molar-refractivity contribution in [2.24, 2.45) is 0 Å². The van der Waals surface area contributed by atoms with Crippen molar-refractivity contribution >= 4 is 67.2 Å². The third kappa shape index (κ3) is 13.3. The SMILES string of the molecule is C.COC(=O)C(=O)c1cn(C2C[C@H]3CCC[C@@H](C2)N3C2CCCCCCCCC2)c2ccccc12.O=C(Cl)C(=O)Cl.c1ccc2c(c1)ccn2C1C[C@H]2CCC[C@@H](C1)N2C1CCCCCCCCC1. The van der Waals surface area contributed by atoms with Crippen molar-refractivity contribution in [2.75, 3.05) is 7.11 Å². The maximum absolute atomic E-state index is 12.8. The number of methoxy groups -OCH3 is 1. The third-order valence-corrected chi connectivity index (χ3v) is 17.4. The molecule has 6 atom stereocenters. The predicted octanol–water partition coefficient (Wildman–Crippen LogP) is 14.7. The first-order valence-electron chi connectivity index (χ1n) is 26.9. The molecule has 2 aromatic heterocycles. The number of halogens is 2. The van der Waals surface area contributed by atoms with Gasteiger partial charge in [-0.05, 0) is 124 Å². The molecule has 69 heavy (non-hydrogen) atoms. The van der Waals surface area contributed by atoms with Crippen molar-refractivity contribution < 1.29 is 23.9 Å². The average Bonchev–Trinajstić information content (AvgIpc) is 3.97. The van der Waals surface area contributed by atoms with E-state index in [0.29, 0.717) is 29.7 Å². The molecule has 2 aliphatic carbocycles. The first-order chi connectivity index (χ1) is 33.2. The van der Waals surface area contributed by atoms with Gasteiger partial charge in [-0.2, -0.15) is 0 Å². The predicted molar refractivity (Wildman–Crippen MR) is 282 cm³/mol. The minimum Gasteiger partial charge on any atom is -0.463 e. The number of ketones is 1. The van der Waals surface area contributed by atoms with Crippen LogP contribution in [-0.4, -0.2) is 84.5 Å². The molecule has 9 nitrogen and oxygen atoms in total. The van der Waals surface area contributed by atoms with E-state index in [-0.39, 0.29) is 7.43 Å². The Morgan fingerprint density at radius 2 is 0.855 bits per heavy atom. The summed E-state index contributed by atoms with van der Waals surface area (Å²) in [6, 6.07) is 24.9. The van der Waals surface area contributed by atoms with Gasteiger partial charge in [-0.25, -0.2) is 4.79 Å². The van der Waals surface area contributed by atoms with Crippen LogP contribution in [0.5, 0.6) is 0 Å². The van der Waals surface area contributed by atoms with Crippen LogP contribution in [0.3, 0.4) is 0 Å². The van der Waals surface area contributed by atoms with Crippen LogP contribution >= 0.6 is 23.2 Å². The Morgan fingerprint density at radius 1 is 0.464 bits per heavy atom. The molecule has 10 rings (SSSR count). The van der Waals surface area contributed by atoms with Crippen LogP contribution < -0.4 is 0 Å². The number of Topliss-reactive ketones (excluding diaryl/α,β-unsaturated/α-hetero) is 1. The Hall–Kier alpha value is -3.50. The number of para-hydroxylation sites is 2. The Balaban J connectivity index is 0.000000182. The summed E-state index contributed by atoms with van der Waals surface area (Å²) in [5.74, 6) is -1.33. The van der Waals surface area contributed by atoms with Crippen LogP contribution in [0, 0.1) is 0 Å². The second kappa shape index (κ2) is 26.3. The second-order valence-electron chi connectivity index (χ2n) is 21.2. The number of carbonyl (C=O) groups is 4. The largest absolute Gasteiger partial charge is 0.463 e. The van der Waals surface area contributed by atoms with Gasteiger partial charge in [0.15, 0.2) is 0 Å². The average molecular weight is 986 g/mol. The van der Waals surface area contributed by atoms with Crippen LogP contribution in [0.1, 0.15) is 210 Å². The first kappa shape index (κ1) is 53.3. The molecule has 11 heteroatoms. The highest BCUT2D eigenvalue weighted by molar-refractivity contribution is 6.97. The van der Waals surface area contributed by atoms with Gasteiger partial charge in [0, 0.05) is 77.1 Å². The summed E-state index contributed by atoms with van der Waals surface area (Å²) >= 11 is 8.98. The van der Waals surface area contributed by atoms with E-state index in [1.807, 2.05) is 24.4 Å². The fourth-order valence-electron chi connectivity index (χ4n) is 13.9. The molecule has 4 bridgehead atoms. The van der Waals surface area contributed by atoms with Gasteiger partial charge in [0.1, 0.15) is 0 Å². The Bertz CT molecular complexity index is 2230. The van der Waals surface area contributed by atoms with Gasteiger partial charge < -0.3 is 13.9 Å². The summed E-state index contributed by atoms with van der Waals surface area (Å²) < 4.78 is 9.67. The zero-order valence-electron chi connectivity index (χ0n) is 40.9. The molecule has 0 radical (unpaired) electrons. The fraction of sp³-hybridized carbons (Fsp3) is 0.655. The zero-order chi connectivity index (χ0) is 47.4. The summed E-state index contributed by atoms with van der Waals surface area (Å²) in [7, 11) is 1.27. The van der Waals surface area contributed by atoms with E-state index in [4.69, 9.17) is 4.74 Å². The van der Waals surface area contributed by atoms with Crippen LogP contribution in [0.15, 0.2) is 67.0 Å². The van der Waals surface area contributed by atoms with Crippen molar-refractivity contribution in [2.45, 2.75) is 236 Å². The number of aromatic nitrogens is 2. The van der Waals surface area contributed by atoms with E-state index in [1.165, 1.54) is 185 Å². The lowest BCUT2D eigenvalue weighted by Gasteiger charge is -2.53. The van der Waals surface area contributed by atoms with E-state index < -0.39 is 22.2 Å². The number of nitrogens with zero attached hydrogens (tertiary/aromatic N) is 4. The maximum atomic E-state index is 12.8. The molecule has 2 saturated carbocycles. The lowest BCUT2D eigenvalue weighted by molar-refractivity contribution is -0.135. The maximum Gasteiger partial charge on any atom is 0.379 e. The number of fused-ring (bicyclic) bond motifs is 6. The summed E-state index contributed by atoms with van der Waals surface area (Å²) in [5.41, 5.74) is 2.98. The molecule has 6 aliphatic rings. The van der Waals surface area contributed by atoms with Crippen LogP contribution in [0.4, 0.5) is 0 Å². The van der Waals surface area contributed by atoms with Crippen LogP contribution in [0.25, 0.3) is 21.8 Å². The van der Waals surface area contributed by atoms with Gasteiger partial charge in [-0.3, -0.25) is 24.2 Å². The van der Waals surface area contributed by atoms with Gasteiger partial charge >= 0.3 is 16.5 Å². The molecule has 378 valence electrons.